The largest absolute Gasteiger partial charge is 0.316 e. The van der Waals surface area contributed by atoms with Crippen LogP contribution in [0.25, 0.3) is 0 Å². The lowest BCUT2D eigenvalue weighted by atomic mass is 9.92. The topological polar surface area (TPSA) is 24.9 Å². The molecule has 1 unspecified atom stereocenters. The molecule has 1 atom stereocenters. The fraction of sp³-hybridized carbons (Fsp3) is 0.312. The Labute approximate surface area is 124 Å². The molecule has 2 rings (SSSR count). The van der Waals surface area contributed by atoms with Gasteiger partial charge in [0.2, 0.25) is 0 Å². The van der Waals surface area contributed by atoms with Gasteiger partial charge in [-0.15, -0.1) is 0 Å². The molecule has 1 heterocycles. The van der Waals surface area contributed by atoms with Crippen molar-refractivity contribution in [1.29, 1.82) is 0 Å². The molecule has 20 heavy (non-hydrogen) atoms. The average molecular weight is 293 g/mol. The zero-order valence-corrected chi connectivity index (χ0v) is 12.2. The van der Waals surface area contributed by atoms with Gasteiger partial charge in [-0.05, 0) is 42.3 Å². The van der Waals surface area contributed by atoms with Crippen LogP contribution in [-0.2, 0) is 6.42 Å². The number of nitrogens with zero attached hydrogens (tertiary/aromatic N) is 1. The molecular formula is C16H18ClFN2. The Hall–Kier alpha value is -1.45. The maximum Gasteiger partial charge on any atom is 0.123 e. The fourth-order valence-corrected chi connectivity index (χ4v) is 2.42. The minimum Gasteiger partial charge on any atom is -0.316 e. The second-order valence-corrected chi connectivity index (χ2v) is 5.14. The maximum absolute atomic E-state index is 13.4. The number of benzene rings is 1. The first-order valence-electron chi connectivity index (χ1n) is 6.75. The summed E-state index contributed by atoms with van der Waals surface area (Å²) in [4.78, 5) is 3.99. The summed E-state index contributed by atoms with van der Waals surface area (Å²) in [5.74, 6) is -0.0182. The van der Waals surface area contributed by atoms with Crippen molar-refractivity contribution in [3.8, 4) is 0 Å². The molecule has 0 bridgehead atoms. The van der Waals surface area contributed by atoms with Crippen LogP contribution in [0.3, 0.4) is 0 Å². The number of rotatable bonds is 6. The van der Waals surface area contributed by atoms with Gasteiger partial charge in [-0.25, -0.2) is 4.39 Å². The molecule has 0 spiro atoms. The van der Waals surface area contributed by atoms with Crippen molar-refractivity contribution in [3.63, 3.8) is 0 Å². The van der Waals surface area contributed by atoms with Crippen LogP contribution in [0, 0.1) is 5.82 Å². The molecule has 106 valence electrons. The second-order valence-electron chi connectivity index (χ2n) is 4.73. The third-order valence-electron chi connectivity index (χ3n) is 3.28. The number of halogens is 2. The van der Waals surface area contributed by atoms with Crippen LogP contribution in [0.1, 0.15) is 24.0 Å². The Kier molecular flexibility index (Phi) is 5.50. The van der Waals surface area contributed by atoms with Gasteiger partial charge in [0, 0.05) is 24.9 Å². The lowest BCUT2D eigenvalue weighted by Gasteiger charge is -2.18. The number of aromatic nitrogens is 1. The van der Waals surface area contributed by atoms with Crippen molar-refractivity contribution < 1.29 is 4.39 Å². The molecule has 0 radical (unpaired) electrons. The van der Waals surface area contributed by atoms with Gasteiger partial charge in [0.25, 0.3) is 0 Å². The molecule has 2 aromatic rings. The molecule has 0 amide bonds. The van der Waals surface area contributed by atoms with E-state index in [4.69, 9.17) is 11.6 Å². The van der Waals surface area contributed by atoms with Gasteiger partial charge in [-0.2, -0.15) is 0 Å². The van der Waals surface area contributed by atoms with Gasteiger partial charge in [-0.3, -0.25) is 4.98 Å². The van der Waals surface area contributed by atoms with E-state index in [0.717, 1.165) is 30.6 Å². The van der Waals surface area contributed by atoms with E-state index in [9.17, 15) is 4.39 Å². The highest BCUT2D eigenvalue weighted by Gasteiger charge is 2.14. The van der Waals surface area contributed by atoms with Gasteiger partial charge in [0.05, 0.1) is 5.02 Å². The lowest BCUT2D eigenvalue weighted by Crippen LogP contribution is -2.22. The summed E-state index contributed by atoms with van der Waals surface area (Å²) < 4.78 is 13.4. The molecule has 1 aromatic carbocycles. The average Bonchev–Trinajstić information content (AvgIpc) is 2.45. The van der Waals surface area contributed by atoms with E-state index in [0.29, 0.717) is 5.02 Å². The number of nitrogens with one attached hydrogen (secondary N) is 1. The number of hydrogen-bond acceptors (Lipinski definition) is 2. The van der Waals surface area contributed by atoms with Crippen LogP contribution in [-0.4, -0.2) is 18.1 Å². The summed E-state index contributed by atoms with van der Waals surface area (Å²) >= 11 is 6.16. The molecule has 0 aliphatic rings. The van der Waals surface area contributed by atoms with E-state index in [1.165, 1.54) is 6.07 Å². The van der Waals surface area contributed by atoms with Gasteiger partial charge < -0.3 is 5.32 Å². The van der Waals surface area contributed by atoms with Crippen molar-refractivity contribution in [2.45, 2.75) is 19.3 Å². The van der Waals surface area contributed by atoms with E-state index in [1.54, 1.807) is 24.5 Å². The molecule has 4 heteroatoms. The lowest BCUT2D eigenvalue weighted by molar-refractivity contribution is 0.582. The van der Waals surface area contributed by atoms with Crippen LogP contribution < -0.4 is 5.32 Å². The molecule has 0 aliphatic carbocycles. The van der Waals surface area contributed by atoms with Crippen LogP contribution >= 0.6 is 11.6 Å². The predicted molar refractivity (Wildman–Crippen MR) is 80.6 cm³/mol. The van der Waals surface area contributed by atoms with E-state index in [-0.39, 0.29) is 11.7 Å². The molecular weight excluding hydrogens is 275 g/mol. The zero-order valence-electron chi connectivity index (χ0n) is 11.4. The van der Waals surface area contributed by atoms with E-state index in [2.05, 4.69) is 17.2 Å². The summed E-state index contributed by atoms with van der Waals surface area (Å²) in [6.45, 7) is 3.73. The van der Waals surface area contributed by atoms with Gasteiger partial charge in [0.15, 0.2) is 0 Å². The summed E-state index contributed by atoms with van der Waals surface area (Å²) in [6, 6.07) is 8.68. The highest BCUT2D eigenvalue weighted by Crippen LogP contribution is 2.24. The Morgan fingerprint density at radius 2 is 2.20 bits per heavy atom. The van der Waals surface area contributed by atoms with Crippen LogP contribution in [0.4, 0.5) is 4.39 Å². The molecule has 1 aromatic heterocycles. The first kappa shape index (κ1) is 14.9. The molecule has 0 aliphatic heterocycles. The highest BCUT2D eigenvalue weighted by molar-refractivity contribution is 6.31. The molecule has 2 nitrogen and oxygen atoms in total. The first-order valence-corrected chi connectivity index (χ1v) is 7.13. The third-order valence-corrected chi connectivity index (χ3v) is 3.62. The highest BCUT2D eigenvalue weighted by atomic mass is 35.5. The third kappa shape index (κ3) is 4.02. The van der Waals surface area contributed by atoms with Crippen LogP contribution in [0.2, 0.25) is 5.02 Å². The fourth-order valence-electron chi connectivity index (χ4n) is 2.22. The Morgan fingerprint density at radius 1 is 1.35 bits per heavy atom. The summed E-state index contributed by atoms with van der Waals surface area (Å²) in [6.07, 6.45) is 4.14. The van der Waals surface area contributed by atoms with Gasteiger partial charge >= 0.3 is 0 Å². The molecule has 0 saturated heterocycles. The van der Waals surface area contributed by atoms with E-state index in [1.807, 2.05) is 12.1 Å². The van der Waals surface area contributed by atoms with Gasteiger partial charge in [-0.1, -0.05) is 30.7 Å². The summed E-state index contributed by atoms with van der Waals surface area (Å²) in [7, 11) is 0. The van der Waals surface area contributed by atoms with Gasteiger partial charge in [0.1, 0.15) is 5.82 Å². The standard InChI is InChI=1S/C16H18ClFN2/c1-2-19-10-14(12-4-3-5-15(18)9-12)8-13-6-7-20-11-16(13)17/h3-7,9,11,14,19H,2,8,10H2,1H3. The number of likely N-dealkylation sites (N-methyl/N-ethyl adjacent to an activating group) is 1. The number of pyridine rings is 1. The first-order chi connectivity index (χ1) is 9.70. The van der Waals surface area contributed by atoms with Crippen molar-refractivity contribution >= 4 is 11.6 Å². The maximum atomic E-state index is 13.4. The minimum absolute atomic E-state index is 0.186. The minimum atomic E-state index is -0.204. The number of hydrogen-bond donors (Lipinski definition) is 1. The van der Waals surface area contributed by atoms with Crippen molar-refractivity contribution in [2.24, 2.45) is 0 Å². The molecule has 0 saturated carbocycles. The van der Waals surface area contributed by atoms with E-state index >= 15 is 0 Å². The zero-order chi connectivity index (χ0) is 14.4. The predicted octanol–water partition coefficient (Wildman–Crippen LogP) is 3.81. The smallest absolute Gasteiger partial charge is 0.123 e. The summed E-state index contributed by atoms with van der Waals surface area (Å²) in [5.41, 5.74) is 2.02. The van der Waals surface area contributed by atoms with Crippen molar-refractivity contribution in [2.75, 3.05) is 13.1 Å². The van der Waals surface area contributed by atoms with Crippen molar-refractivity contribution in [1.82, 2.24) is 10.3 Å². The van der Waals surface area contributed by atoms with Crippen molar-refractivity contribution in [3.05, 3.63) is 64.7 Å². The summed E-state index contributed by atoms with van der Waals surface area (Å²) in [5, 5.41) is 3.98. The van der Waals surface area contributed by atoms with Crippen LogP contribution in [0.15, 0.2) is 42.7 Å². The SMILES string of the molecule is CCNCC(Cc1ccncc1Cl)c1cccc(F)c1. The second kappa shape index (κ2) is 7.36. The molecule has 0 fully saturated rings. The Balaban J connectivity index is 2.21. The molecule has 1 N–H and O–H groups in total. The Morgan fingerprint density at radius 3 is 2.90 bits per heavy atom. The quantitative estimate of drug-likeness (QED) is 0.876. The van der Waals surface area contributed by atoms with Crippen LogP contribution in [0.5, 0.6) is 0 Å². The Bertz CT molecular complexity index is 560. The van der Waals surface area contributed by atoms with E-state index < -0.39 is 0 Å². The monoisotopic (exact) mass is 292 g/mol. The normalized spacial score (nSPS) is 12.3.